The SMILES string of the molecule is COc1ccc(S(=O)(=O)NCCOCCBr)cc1. The molecule has 18 heavy (non-hydrogen) atoms. The minimum absolute atomic E-state index is 0.212. The fourth-order valence-electron chi connectivity index (χ4n) is 1.24. The summed E-state index contributed by atoms with van der Waals surface area (Å²) in [6, 6.07) is 6.22. The van der Waals surface area contributed by atoms with Gasteiger partial charge in [0, 0.05) is 11.9 Å². The molecule has 1 aromatic rings. The smallest absolute Gasteiger partial charge is 0.240 e. The highest BCUT2D eigenvalue weighted by atomic mass is 79.9. The molecule has 0 fully saturated rings. The lowest BCUT2D eigenvalue weighted by Crippen LogP contribution is -2.27. The van der Waals surface area contributed by atoms with Crippen LogP contribution in [0.1, 0.15) is 0 Å². The Kier molecular flexibility index (Phi) is 6.62. The van der Waals surface area contributed by atoms with Gasteiger partial charge in [0.2, 0.25) is 10.0 Å². The molecule has 102 valence electrons. The molecule has 0 heterocycles. The normalized spacial score (nSPS) is 11.4. The molecular formula is C11H16BrNO4S. The Labute approximate surface area is 116 Å². The van der Waals surface area contributed by atoms with Gasteiger partial charge in [-0.1, -0.05) is 15.9 Å². The highest BCUT2D eigenvalue weighted by Crippen LogP contribution is 2.14. The van der Waals surface area contributed by atoms with Crippen molar-refractivity contribution in [1.82, 2.24) is 4.72 Å². The summed E-state index contributed by atoms with van der Waals surface area (Å²) in [6.45, 7) is 1.16. The van der Waals surface area contributed by atoms with Gasteiger partial charge in [-0.05, 0) is 24.3 Å². The van der Waals surface area contributed by atoms with E-state index in [1.165, 1.54) is 19.2 Å². The Hall–Kier alpha value is -0.630. The van der Waals surface area contributed by atoms with Crippen molar-refractivity contribution in [2.24, 2.45) is 0 Å². The van der Waals surface area contributed by atoms with E-state index < -0.39 is 10.0 Å². The maximum atomic E-state index is 11.8. The second-order valence-electron chi connectivity index (χ2n) is 3.37. The van der Waals surface area contributed by atoms with Crippen molar-refractivity contribution >= 4 is 26.0 Å². The molecule has 0 amide bonds. The second kappa shape index (κ2) is 7.73. The zero-order chi connectivity index (χ0) is 13.4. The molecule has 7 heteroatoms. The summed E-state index contributed by atoms with van der Waals surface area (Å²) in [4.78, 5) is 0.212. The molecule has 5 nitrogen and oxygen atoms in total. The molecule has 1 rings (SSSR count). The fraction of sp³-hybridized carbons (Fsp3) is 0.455. The van der Waals surface area contributed by atoms with Crippen molar-refractivity contribution in [3.05, 3.63) is 24.3 Å². The lowest BCUT2D eigenvalue weighted by Gasteiger charge is -2.07. The fourth-order valence-corrected chi connectivity index (χ4v) is 2.49. The number of hydrogen-bond donors (Lipinski definition) is 1. The maximum absolute atomic E-state index is 11.8. The lowest BCUT2D eigenvalue weighted by molar-refractivity contribution is 0.156. The molecular weight excluding hydrogens is 322 g/mol. The Morgan fingerprint density at radius 1 is 1.22 bits per heavy atom. The summed E-state index contributed by atoms with van der Waals surface area (Å²) >= 11 is 3.22. The average Bonchev–Trinajstić information content (AvgIpc) is 2.38. The first kappa shape index (κ1) is 15.4. The van der Waals surface area contributed by atoms with E-state index in [-0.39, 0.29) is 11.4 Å². The van der Waals surface area contributed by atoms with Crippen molar-refractivity contribution < 1.29 is 17.9 Å². The number of sulfonamides is 1. The molecule has 0 unspecified atom stereocenters. The number of benzene rings is 1. The van der Waals surface area contributed by atoms with Crippen LogP contribution < -0.4 is 9.46 Å². The number of ether oxygens (including phenoxy) is 2. The van der Waals surface area contributed by atoms with Gasteiger partial charge in [-0.15, -0.1) is 0 Å². The number of alkyl halides is 1. The third-order valence-electron chi connectivity index (χ3n) is 2.13. The number of methoxy groups -OCH3 is 1. The van der Waals surface area contributed by atoms with E-state index in [1.54, 1.807) is 12.1 Å². The Balaban J connectivity index is 2.51. The molecule has 0 aliphatic rings. The van der Waals surface area contributed by atoms with Crippen LogP contribution in [-0.2, 0) is 14.8 Å². The predicted octanol–water partition coefficient (Wildman–Crippen LogP) is 1.39. The predicted molar refractivity (Wildman–Crippen MR) is 72.8 cm³/mol. The Morgan fingerprint density at radius 2 is 1.89 bits per heavy atom. The zero-order valence-electron chi connectivity index (χ0n) is 10.1. The Bertz CT molecular complexity index is 447. The third-order valence-corrected chi connectivity index (χ3v) is 3.93. The van der Waals surface area contributed by atoms with Crippen LogP contribution in [0, 0.1) is 0 Å². The van der Waals surface area contributed by atoms with Gasteiger partial charge < -0.3 is 9.47 Å². The zero-order valence-corrected chi connectivity index (χ0v) is 12.5. The Morgan fingerprint density at radius 3 is 2.44 bits per heavy atom. The van der Waals surface area contributed by atoms with Crippen LogP contribution in [0.5, 0.6) is 5.75 Å². The molecule has 0 saturated carbocycles. The van der Waals surface area contributed by atoms with E-state index in [1.807, 2.05) is 0 Å². The van der Waals surface area contributed by atoms with E-state index in [0.717, 1.165) is 5.33 Å². The highest BCUT2D eigenvalue weighted by Gasteiger charge is 2.12. The molecule has 0 radical (unpaired) electrons. The first-order chi connectivity index (χ1) is 8.60. The summed E-state index contributed by atoms with van der Waals surface area (Å²) in [5.41, 5.74) is 0. The van der Waals surface area contributed by atoms with Crippen molar-refractivity contribution in [1.29, 1.82) is 0 Å². The van der Waals surface area contributed by atoms with E-state index in [9.17, 15) is 8.42 Å². The van der Waals surface area contributed by atoms with Gasteiger partial charge in [0.15, 0.2) is 0 Å². The molecule has 0 aromatic heterocycles. The van der Waals surface area contributed by atoms with Gasteiger partial charge in [-0.3, -0.25) is 0 Å². The van der Waals surface area contributed by atoms with Crippen LogP contribution in [0.15, 0.2) is 29.2 Å². The van der Waals surface area contributed by atoms with E-state index >= 15 is 0 Å². The van der Waals surface area contributed by atoms with Crippen LogP contribution in [0.3, 0.4) is 0 Å². The second-order valence-corrected chi connectivity index (χ2v) is 5.93. The number of nitrogens with one attached hydrogen (secondary N) is 1. The van der Waals surface area contributed by atoms with Crippen molar-refractivity contribution in [2.75, 3.05) is 32.2 Å². The number of hydrogen-bond acceptors (Lipinski definition) is 4. The largest absolute Gasteiger partial charge is 0.497 e. The molecule has 0 saturated heterocycles. The van der Waals surface area contributed by atoms with Gasteiger partial charge in [0.05, 0.1) is 25.2 Å². The lowest BCUT2D eigenvalue weighted by atomic mass is 10.3. The van der Waals surface area contributed by atoms with Gasteiger partial charge in [-0.25, -0.2) is 13.1 Å². The van der Waals surface area contributed by atoms with Crippen molar-refractivity contribution in [2.45, 2.75) is 4.90 Å². The van der Waals surface area contributed by atoms with Gasteiger partial charge in [-0.2, -0.15) is 0 Å². The van der Waals surface area contributed by atoms with Crippen LogP contribution in [0.4, 0.5) is 0 Å². The first-order valence-corrected chi connectivity index (χ1v) is 7.98. The van der Waals surface area contributed by atoms with Crippen LogP contribution in [0.25, 0.3) is 0 Å². The third kappa shape index (κ3) is 4.93. The van der Waals surface area contributed by atoms with Crippen LogP contribution >= 0.6 is 15.9 Å². The summed E-state index contributed by atoms with van der Waals surface area (Å²) in [7, 11) is -1.94. The average molecular weight is 338 g/mol. The van der Waals surface area contributed by atoms with Crippen molar-refractivity contribution in [3.63, 3.8) is 0 Å². The minimum atomic E-state index is -3.47. The number of rotatable bonds is 8. The van der Waals surface area contributed by atoms with E-state index in [4.69, 9.17) is 9.47 Å². The molecule has 1 aromatic carbocycles. The quantitative estimate of drug-likeness (QED) is 0.575. The molecule has 0 atom stereocenters. The molecule has 0 aliphatic carbocycles. The van der Waals surface area contributed by atoms with E-state index in [0.29, 0.717) is 19.0 Å². The summed E-state index contributed by atoms with van der Waals surface area (Å²) in [5.74, 6) is 0.620. The molecule has 0 aliphatic heterocycles. The van der Waals surface area contributed by atoms with Crippen molar-refractivity contribution in [3.8, 4) is 5.75 Å². The van der Waals surface area contributed by atoms with Gasteiger partial charge >= 0.3 is 0 Å². The summed E-state index contributed by atoms with van der Waals surface area (Å²) in [5, 5.41) is 0.734. The first-order valence-electron chi connectivity index (χ1n) is 5.37. The summed E-state index contributed by atoms with van der Waals surface area (Å²) < 4.78 is 36.3. The van der Waals surface area contributed by atoms with E-state index in [2.05, 4.69) is 20.7 Å². The molecule has 0 spiro atoms. The topological polar surface area (TPSA) is 64.6 Å². The van der Waals surface area contributed by atoms with Gasteiger partial charge in [0.25, 0.3) is 0 Å². The minimum Gasteiger partial charge on any atom is -0.497 e. The summed E-state index contributed by atoms with van der Waals surface area (Å²) in [6.07, 6.45) is 0. The van der Waals surface area contributed by atoms with Crippen LogP contribution in [-0.4, -0.2) is 40.6 Å². The molecule has 1 N–H and O–H groups in total. The monoisotopic (exact) mass is 337 g/mol. The van der Waals surface area contributed by atoms with Crippen LogP contribution in [0.2, 0.25) is 0 Å². The maximum Gasteiger partial charge on any atom is 0.240 e. The van der Waals surface area contributed by atoms with Gasteiger partial charge in [0.1, 0.15) is 5.75 Å². The number of halogens is 1. The standard InChI is InChI=1S/C11H16BrNO4S/c1-16-10-2-4-11(5-3-10)18(14,15)13-7-9-17-8-6-12/h2-5,13H,6-9H2,1H3. The highest BCUT2D eigenvalue weighted by molar-refractivity contribution is 9.09. The molecule has 0 bridgehead atoms.